The molecule has 0 aromatic heterocycles. The first-order valence-corrected chi connectivity index (χ1v) is 12.3. The molecule has 35 heavy (non-hydrogen) atoms. The smallest absolute Gasteiger partial charge is 0.335 e. The zero-order valence-corrected chi connectivity index (χ0v) is 20.7. The standard InChI is InChI=1S/C27H38O8/c1-5-6-7-8-16-12-19(28)21(18-11-15(4)9-10-17(18)14(2)3)20(13-16)34-27-24(31)22(29)23(30)25(35-27)26(32)33/h11-13,17-18,22-25,27-31H,2,5-10H2,1,3-4H3,(H,32,33)/t17-,18+,22+,23+,24-,25+,27+/m0/s1. The van der Waals surface area contributed by atoms with Crippen LogP contribution in [-0.4, -0.2) is 62.2 Å². The number of carboxylic acids is 1. The van der Waals surface area contributed by atoms with Crippen LogP contribution in [0.3, 0.4) is 0 Å². The highest BCUT2D eigenvalue weighted by Gasteiger charge is 2.48. The predicted octanol–water partition coefficient (Wildman–Crippen LogP) is 3.41. The average Bonchev–Trinajstić information content (AvgIpc) is 2.79. The molecule has 0 saturated carbocycles. The topological polar surface area (TPSA) is 137 Å². The molecule has 0 amide bonds. The van der Waals surface area contributed by atoms with E-state index in [0.29, 0.717) is 12.0 Å². The summed E-state index contributed by atoms with van der Waals surface area (Å²) < 4.78 is 11.4. The molecule has 1 aromatic rings. The van der Waals surface area contributed by atoms with Crippen LogP contribution in [0, 0.1) is 5.92 Å². The summed E-state index contributed by atoms with van der Waals surface area (Å²) in [6, 6.07) is 3.50. The van der Waals surface area contributed by atoms with Gasteiger partial charge in [-0.15, -0.1) is 0 Å². The van der Waals surface area contributed by atoms with E-state index in [0.717, 1.165) is 43.2 Å². The Bertz CT molecular complexity index is 955. The molecule has 3 rings (SSSR count). The zero-order chi connectivity index (χ0) is 25.9. The van der Waals surface area contributed by atoms with Crippen molar-refractivity contribution in [3.05, 3.63) is 47.1 Å². The number of phenolic OH excluding ortho intramolecular Hbond substituents is 1. The maximum absolute atomic E-state index is 11.5. The van der Waals surface area contributed by atoms with Crippen LogP contribution in [0.2, 0.25) is 0 Å². The van der Waals surface area contributed by atoms with Crippen molar-refractivity contribution in [2.75, 3.05) is 0 Å². The molecule has 8 nitrogen and oxygen atoms in total. The number of ether oxygens (including phenoxy) is 2. The number of rotatable bonds is 9. The third kappa shape index (κ3) is 6.06. The monoisotopic (exact) mass is 490 g/mol. The number of hydrogen-bond acceptors (Lipinski definition) is 7. The zero-order valence-electron chi connectivity index (χ0n) is 20.7. The Labute approximate surface area is 206 Å². The number of aryl methyl sites for hydroxylation is 1. The van der Waals surface area contributed by atoms with Gasteiger partial charge in [-0.2, -0.15) is 0 Å². The minimum Gasteiger partial charge on any atom is -0.507 e. The molecular formula is C27H38O8. The van der Waals surface area contributed by atoms with E-state index in [4.69, 9.17) is 9.47 Å². The summed E-state index contributed by atoms with van der Waals surface area (Å²) in [4.78, 5) is 11.5. The lowest BCUT2D eigenvalue weighted by Crippen LogP contribution is -2.61. The van der Waals surface area contributed by atoms with Gasteiger partial charge < -0.3 is 35.0 Å². The van der Waals surface area contributed by atoms with Crippen LogP contribution in [0.1, 0.15) is 69.9 Å². The van der Waals surface area contributed by atoms with Crippen LogP contribution >= 0.6 is 0 Å². The number of aliphatic hydroxyl groups excluding tert-OH is 3. The van der Waals surface area contributed by atoms with Crippen LogP contribution in [-0.2, 0) is 16.0 Å². The van der Waals surface area contributed by atoms with E-state index in [-0.39, 0.29) is 23.3 Å². The Balaban J connectivity index is 2.05. The highest BCUT2D eigenvalue weighted by molar-refractivity contribution is 5.73. The van der Waals surface area contributed by atoms with E-state index in [1.54, 1.807) is 12.1 Å². The van der Waals surface area contributed by atoms with Crippen LogP contribution in [0.4, 0.5) is 0 Å². The quantitative estimate of drug-likeness (QED) is 0.262. The van der Waals surface area contributed by atoms with Gasteiger partial charge in [-0.25, -0.2) is 4.79 Å². The Kier molecular flexibility index (Phi) is 8.99. The number of carbonyl (C=O) groups is 1. The highest BCUT2D eigenvalue weighted by atomic mass is 16.7. The number of aliphatic carboxylic acids is 1. The third-order valence-electron chi connectivity index (χ3n) is 7.02. The fourth-order valence-electron chi connectivity index (χ4n) is 5.00. The molecule has 1 saturated heterocycles. The summed E-state index contributed by atoms with van der Waals surface area (Å²) in [5.41, 5.74) is 3.47. The molecule has 0 unspecified atom stereocenters. The number of carboxylic acid groups (broad SMARTS) is 1. The van der Waals surface area contributed by atoms with Crippen molar-refractivity contribution in [3.63, 3.8) is 0 Å². The van der Waals surface area contributed by atoms with Crippen molar-refractivity contribution in [2.45, 2.75) is 95.9 Å². The van der Waals surface area contributed by atoms with Gasteiger partial charge in [-0.05, 0) is 63.1 Å². The van der Waals surface area contributed by atoms with E-state index in [2.05, 4.69) is 19.6 Å². The van der Waals surface area contributed by atoms with Gasteiger partial charge in [0.05, 0.1) is 0 Å². The second-order valence-corrected chi connectivity index (χ2v) is 9.87. The summed E-state index contributed by atoms with van der Waals surface area (Å²) in [6.07, 6.45) is -1.09. The molecule has 2 aliphatic rings. The van der Waals surface area contributed by atoms with Gasteiger partial charge in [0.15, 0.2) is 6.10 Å². The van der Waals surface area contributed by atoms with E-state index >= 15 is 0 Å². The Hall–Kier alpha value is -2.39. The summed E-state index contributed by atoms with van der Waals surface area (Å²) >= 11 is 0. The predicted molar refractivity (Wildman–Crippen MR) is 130 cm³/mol. The number of hydrogen-bond donors (Lipinski definition) is 5. The molecule has 1 fully saturated rings. The fraction of sp³-hybridized carbons (Fsp3) is 0.593. The highest BCUT2D eigenvalue weighted by Crippen LogP contribution is 2.47. The lowest BCUT2D eigenvalue weighted by molar-refractivity contribution is -0.271. The first-order chi connectivity index (χ1) is 16.5. The third-order valence-corrected chi connectivity index (χ3v) is 7.02. The van der Waals surface area contributed by atoms with Gasteiger partial charge in [0.1, 0.15) is 29.8 Å². The maximum atomic E-state index is 11.5. The Morgan fingerprint density at radius 3 is 2.51 bits per heavy atom. The number of aliphatic hydroxyl groups is 3. The molecule has 1 aliphatic carbocycles. The minimum absolute atomic E-state index is 0.0388. The van der Waals surface area contributed by atoms with E-state index in [1.807, 2.05) is 13.8 Å². The van der Waals surface area contributed by atoms with Gasteiger partial charge in [0.25, 0.3) is 0 Å². The van der Waals surface area contributed by atoms with Crippen molar-refractivity contribution in [2.24, 2.45) is 5.92 Å². The second kappa shape index (κ2) is 11.6. The van der Waals surface area contributed by atoms with E-state index in [9.17, 15) is 30.3 Å². The molecule has 1 aromatic carbocycles. The molecule has 0 spiro atoms. The summed E-state index contributed by atoms with van der Waals surface area (Å²) in [6.45, 7) is 10.2. The van der Waals surface area contributed by atoms with Crippen LogP contribution in [0.15, 0.2) is 35.9 Å². The maximum Gasteiger partial charge on any atom is 0.335 e. The lowest BCUT2D eigenvalue weighted by atomic mass is 9.73. The molecule has 8 heteroatoms. The fourth-order valence-corrected chi connectivity index (χ4v) is 5.00. The number of allylic oxidation sites excluding steroid dienone is 3. The molecular weight excluding hydrogens is 452 g/mol. The molecule has 0 radical (unpaired) electrons. The average molecular weight is 491 g/mol. The largest absolute Gasteiger partial charge is 0.507 e. The van der Waals surface area contributed by atoms with E-state index < -0.39 is 36.7 Å². The van der Waals surface area contributed by atoms with Gasteiger partial charge in [-0.3, -0.25) is 0 Å². The molecule has 0 bridgehead atoms. The molecule has 7 atom stereocenters. The first-order valence-electron chi connectivity index (χ1n) is 12.3. The van der Waals surface area contributed by atoms with Crippen molar-refractivity contribution in [1.29, 1.82) is 0 Å². The molecule has 1 aliphatic heterocycles. The molecule has 194 valence electrons. The first kappa shape index (κ1) is 27.2. The molecule has 5 N–H and O–H groups in total. The van der Waals surface area contributed by atoms with Crippen LogP contribution < -0.4 is 4.74 Å². The number of unbranched alkanes of at least 4 members (excludes halogenated alkanes) is 2. The Morgan fingerprint density at radius 1 is 1.17 bits per heavy atom. The van der Waals surface area contributed by atoms with Gasteiger partial charge >= 0.3 is 5.97 Å². The summed E-state index contributed by atoms with van der Waals surface area (Å²) in [5.74, 6) is -1.39. The van der Waals surface area contributed by atoms with Crippen molar-refractivity contribution < 1.29 is 39.8 Å². The number of phenols is 1. The molecule has 1 heterocycles. The van der Waals surface area contributed by atoms with Gasteiger partial charge in [-0.1, -0.05) is 43.6 Å². The van der Waals surface area contributed by atoms with Gasteiger partial charge in [0, 0.05) is 11.5 Å². The van der Waals surface area contributed by atoms with Gasteiger partial charge in [0.2, 0.25) is 6.29 Å². The van der Waals surface area contributed by atoms with E-state index in [1.165, 1.54) is 5.57 Å². The normalized spacial score (nSPS) is 31.0. The summed E-state index contributed by atoms with van der Waals surface area (Å²) in [5, 5.41) is 51.4. The van der Waals surface area contributed by atoms with Crippen LogP contribution in [0.5, 0.6) is 11.5 Å². The number of benzene rings is 1. The minimum atomic E-state index is -1.81. The second-order valence-electron chi connectivity index (χ2n) is 9.87. The SMILES string of the molecule is C=C(C)[C@@H]1CCC(C)=C[C@H]1c1c(O)cc(CCCCC)cc1O[C@@H]1O[C@@H](C(=O)O)[C@H](O)[C@@H](O)[C@@H]1O. The summed E-state index contributed by atoms with van der Waals surface area (Å²) in [7, 11) is 0. The van der Waals surface area contributed by atoms with Crippen molar-refractivity contribution in [3.8, 4) is 11.5 Å². The number of aromatic hydroxyl groups is 1. The van der Waals surface area contributed by atoms with Crippen molar-refractivity contribution >= 4 is 5.97 Å². The lowest BCUT2D eigenvalue weighted by Gasteiger charge is -2.39. The van der Waals surface area contributed by atoms with Crippen LogP contribution in [0.25, 0.3) is 0 Å². The Morgan fingerprint density at radius 2 is 1.89 bits per heavy atom. The van der Waals surface area contributed by atoms with Crippen molar-refractivity contribution in [1.82, 2.24) is 0 Å².